The Kier molecular flexibility index (Phi) is 4.99. The number of benzene rings is 1. The number of carbonyl (C=O) groups excluding carboxylic acids is 1. The van der Waals surface area contributed by atoms with Gasteiger partial charge in [-0.2, -0.15) is 0 Å². The summed E-state index contributed by atoms with van der Waals surface area (Å²) in [6.07, 6.45) is 1.44. The van der Waals surface area contributed by atoms with Gasteiger partial charge in [0.1, 0.15) is 5.60 Å². The van der Waals surface area contributed by atoms with Gasteiger partial charge in [0.05, 0.1) is 11.0 Å². The number of aromatic nitrogens is 2. The Hall–Kier alpha value is -2.08. The van der Waals surface area contributed by atoms with Gasteiger partial charge in [-0.05, 0) is 45.7 Å². The van der Waals surface area contributed by atoms with E-state index in [1.165, 1.54) is 0 Å². The van der Waals surface area contributed by atoms with Crippen molar-refractivity contribution in [1.82, 2.24) is 15.3 Å². The molecule has 2 aromatic rings. The third-order valence-corrected chi connectivity index (χ3v) is 4.21. The first-order valence-electron chi connectivity index (χ1n) is 8.48. The highest BCUT2D eigenvalue weighted by Crippen LogP contribution is 2.27. The third-order valence-electron chi connectivity index (χ3n) is 3.95. The number of anilines is 1. The van der Waals surface area contributed by atoms with E-state index in [0.29, 0.717) is 17.5 Å². The first kappa shape index (κ1) is 17.7. The van der Waals surface area contributed by atoms with Crippen LogP contribution < -0.4 is 10.2 Å². The average Bonchev–Trinajstić information content (AvgIpc) is 2.52. The van der Waals surface area contributed by atoms with Crippen molar-refractivity contribution in [2.24, 2.45) is 0 Å². The highest BCUT2D eigenvalue weighted by molar-refractivity contribution is 6.32. The quantitative estimate of drug-likeness (QED) is 0.880. The van der Waals surface area contributed by atoms with E-state index < -0.39 is 11.7 Å². The molecule has 0 spiro atoms. The molecule has 1 saturated heterocycles. The number of piperidine rings is 1. The molecular formula is C18H23ClN4O2. The molecule has 0 unspecified atom stereocenters. The number of halogens is 1. The number of nitrogens with one attached hydrogen (secondary N) is 1. The van der Waals surface area contributed by atoms with Gasteiger partial charge in [0.15, 0.2) is 11.0 Å². The van der Waals surface area contributed by atoms with Gasteiger partial charge in [-0.25, -0.2) is 14.8 Å². The maximum absolute atomic E-state index is 12.0. The largest absolute Gasteiger partial charge is 0.444 e. The number of amides is 1. The van der Waals surface area contributed by atoms with Crippen molar-refractivity contribution in [1.29, 1.82) is 0 Å². The third kappa shape index (κ3) is 4.51. The molecule has 0 aliphatic carbocycles. The first-order valence-corrected chi connectivity index (χ1v) is 8.86. The zero-order valence-corrected chi connectivity index (χ0v) is 15.5. The summed E-state index contributed by atoms with van der Waals surface area (Å²) in [6, 6.07) is 7.64. The standard InChI is InChI=1S/C18H23ClN4O2/c1-18(2,3)25-17(24)20-12-7-6-10-23(11-12)16-15(19)21-13-8-4-5-9-14(13)22-16/h4-5,8-9,12H,6-7,10-11H2,1-3H3,(H,20,24)/t12-/m0/s1. The molecule has 0 bridgehead atoms. The molecule has 3 rings (SSSR count). The van der Waals surface area contributed by atoms with Gasteiger partial charge in [0, 0.05) is 19.1 Å². The van der Waals surface area contributed by atoms with E-state index in [-0.39, 0.29) is 6.04 Å². The Bertz CT molecular complexity index is 775. The number of para-hydroxylation sites is 2. The number of rotatable bonds is 2. The fourth-order valence-corrected chi connectivity index (χ4v) is 3.18. The van der Waals surface area contributed by atoms with Gasteiger partial charge < -0.3 is 15.0 Å². The van der Waals surface area contributed by atoms with E-state index in [1.807, 2.05) is 45.0 Å². The number of hydrogen-bond acceptors (Lipinski definition) is 5. The zero-order chi connectivity index (χ0) is 18.0. The van der Waals surface area contributed by atoms with E-state index in [4.69, 9.17) is 16.3 Å². The minimum atomic E-state index is -0.508. The van der Waals surface area contributed by atoms with Gasteiger partial charge in [-0.15, -0.1) is 0 Å². The van der Waals surface area contributed by atoms with Crippen LogP contribution in [0.3, 0.4) is 0 Å². The minimum absolute atomic E-state index is 0.00654. The molecule has 134 valence electrons. The molecule has 1 atom stereocenters. The average molecular weight is 363 g/mol. The van der Waals surface area contributed by atoms with Crippen molar-refractivity contribution >= 4 is 34.5 Å². The number of fused-ring (bicyclic) bond motifs is 1. The fourth-order valence-electron chi connectivity index (χ4n) is 2.93. The normalized spacial score (nSPS) is 18.2. The number of carbonyl (C=O) groups is 1. The molecule has 1 aliphatic heterocycles. The summed E-state index contributed by atoms with van der Waals surface area (Å²) in [6.45, 7) is 7.02. The Morgan fingerprint density at radius 3 is 2.64 bits per heavy atom. The molecule has 0 saturated carbocycles. The summed E-state index contributed by atoms with van der Waals surface area (Å²) < 4.78 is 5.34. The van der Waals surface area contributed by atoms with Crippen LogP contribution in [0.4, 0.5) is 10.6 Å². The lowest BCUT2D eigenvalue weighted by Crippen LogP contribution is -2.49. The summed E-state index contributed by atoms with van der Waals surface area (Å²) in [5.74, 6) is 0.663. The minimum Gasteiger partial charge on any atom is -0.444 e. The molecule has 0 radical (unpaired) electrons. The molecule has 1 aromatic heterocycles. The van der Waals surface area contributed by atoms with E-state index in [9.17, 15) is 4.79 Å². The van der Waals surface area contributed by atoms with Gasteiger partial charge in [0.25, 0.3) is 0 Å². The smallest absolute Gasteiger partial charge is 0.407 e. The zero-order valence-electron chi connectivity index (χ0n) is 14.8. The molecule has 1 fully saturated rings. The van der Waals surface area contributed by atoms with Crippen LogP contribution in [-0.2, 0) is 4.74 Å². The number of alkyl carbamates (subject to hydrolysis) is 1. The lowest BCUT2D eigenvalue weighted by atomic mass is 10.1. The highest BCUT2D eigenvalue weighted by Gasteiger charge is 2.26. The van der Waals surface area contributed by atoms with Crippen molar-refractivity contribution in [2.75, 3.05) is 18.0 Å². The fraction of sp³-hybridized carbons (Fsp3) is 0.500. The topological polar surface area (TPSA) is 67.3 Å². The highest BCUT2D eigenvalue weighted by atomic mass is 35.5. The van der Waals surface area contributed by atoms with Gasteiger partial charge in [-0.3, -0.25) is 0 Å². The van der Waals surface area contributed by atoms with E-state index in [2.05, 4.69) is 20.2 Å². The lowest BCUT2D eigenvalue weighted by Gasteiger charge is -2.34. The second kappa shape index (κ2) is 7.04. The van der Waals surface area contributed by atoms with Crippen molar-refractivity contribution < 1.29 is 9.53 Å². The predicted octanol–water partition coefficient (Wildman–Crippen LogP) is 3.78. The van der Waals surface area contributed by atoms with Crippen LogP contribution in [0.15, 0.2) is 24.3 Å². The van der Waals surface area contributed by atoms with Crippen molar-refractivity contribution in [3.63, 3.8) is 0 Å². The molecule has 7 heteroatoms. The molecule has 25 heavy (non-hydrogen) atoms. The molecule has 1 aliphatic rings. The molecule has 1 N–H and O–H groups in total. The van der Waals surface area contributed by atoms with Crippen molar-refractivity contribution in [2.45, 2.75) is 45.3 Å². The predicted molar refractivity (Wildman–Crippen MR) is 99.2 cm³/mol. The van der Waals surface area contributed by atoms with Crippen LogP contribution in [0.5, 0.6) is 0 Å². The van der Waals surface area contributed by atoms with E-state index >= 15 is 0 Å². The number of nitrogens with zero attached hydrogens (tertiary/aromatic N) is 3. The SMILES string of the molecule is CC(C)(C)OC(=O)N[C@H]1CCCN(c2nc3ccccc3nc2Cl)C1. The van der Waals surface area contributed by atoms with Crippen LogP contribution >= 0.6 is 11.6 Å². The summed E-state index contributed by atoms with van der Waals surface area (Å²) in [5.41, 5.74) is 1.08. The molecular weight excluding hydrogens is 340 g/mol. The van der Waals surface area contributed by atoms with Crippen molar-refractivity contribution in [3.8, 4) is 0 Å². The van der Waals surface area contributed by atoms with Crippen LogP contribution in [-0.4, -0.2) is 40.8 Å². The number of hydrogen-bond donors (Lipinski definition) is 1. The van der Waals surface area contributed by atoms with Crippen molar-refractivity contribution in [3.05, 3.63) is 29.4 Å². The Morgan fingerprint density at radius 1 is 1.28 bits per heavy atom. The first-order chi connectivity index (χ1) is 11.8. The summed E-state index contributed by atoms with van der Waals surface area (Å²) >= 11 is 6.35. The van der Waals surface area contributed by atoms with Crippen LogP contribution in [0.1, 0.15) is 33.6 Å². The molecule has 2 heterocycles. The second-order valence-corrected chi connectivity index (χ2v) is 7.62. The summed E-state index contributed by atoms with van der Waals surface area (Å²) in [4.78, 5) is 23.2. The Morgan fingerprint density at radius 2 is 1.96 bits per heavy atom. The Labute approximate surface area is 152 Å². The summed E-state index contributed by atoms with van der Waals surface area (Å²) in [5, 5.41) is 3.32. The maximum Gasteiger partial charge on any atom is 0.407 e. The number of ether oxygens (including phenoxy) is 1. The van der Waals surface area contributed by atoms with Gasteiger partial charge >= 0.3 is 6.09 Å². The van der Waals surface area contributed by atoms with Crippen LogP contribution in [0, 0.1) is 0 Å². The maximum atomic E-state index is 12.0. The van der Waals surface area contributed by atoms with Gasteiger partial charge in [-0.1, -0.05) is 23.7 Å². The molecule has 1 amide bonds. The second-order valence-electron chi connectivity index (χ2n) is 7.26. The van der Waals surface area contributed by atoms with Crippen LogP contribution in [0.25, 0.3) is 11.0 Å². The van der Waals surface area contributed by atoms with E-state index in [0.717, 1.165) is 30.4 Å². The monoisotopic (exact) mass is 362 g/mol. The lowest BCUT2D eigenvalue weighted by molar-refractivity contribution is 0.0500. The molecule has 6 nitrogen and oxygen atoms in total. The van der Waals surface area contributed by atoms with E-state index in [1.54, 1.807) is 0 Å². The Balaban J connectivity index is 1.73. The summed E-state index contributed by atoms with van der Waals surface area (Å²) in [7, 11) is 0. The molecule has 1 aromatic carbocycles. The van der Waals surface area contributed by atoms with Gasteiger partial charge in [0.2, 0.25) is 0 Å². The van der Waals surface area contributed by atoms with Crippen LogP contribution in [0.2, 0.25) is 5.15 Å².